The van der Waals surface area contributed by atoms with Gasteiger partial charge in [-0.15, -0.1) is 0 Å². The lowest BCUT2D eigenvalue weighted by Gasteiger charge is -2.34. The van der Waals surface area contributed by atoms with Crippen LogP contribution in [0.1, 0.15) is 23.3 Å². The predicted molar refractivity (Wildman–Crippen MR) is 94.4 cm³/mol. The fourth-order valence-corrected chi connectivity index (χ4v) is 2.88. The third kappa shape index (κ3) is 4.62. The first-order valence-electron chi connectivity index (χ1n) is 8.62. The van der Waals surface area contributed by atoms with Gasteiger partial charge < -0.3 is 19.5 Å². The first-order valence-corrected chi connectivity index (χ1v) is 8.62. The number of para-hydroxylation sites is 1. The standard InChI is InChI=1S/C19H23N3O3/c23-18(9-5-15-25-16-6-2-1-3-7-16)21-11-13-22(14-12-21)19(24)17-8-4-10-20-17/h1-4,6-8,10,20H,5,9,11-15H2. The second kappa shape index (κ2) is 8.37. The van der Waals surface area contributed by atoms with Crippen molar-refractivity contribution in [2.45, 2.75) is 12.8 Å². The van der Waals surface area contributed by atoms with Gasteiger partial charge in [-0.25, -0.2) is 0 Å². The van der Waals surface area contributed by atoms with Gasteiger partial charge in [0.2, 0.25) is 5.91 Å². The number of hydrogen-bond acceptors (Lipinski definition) is 3. The molecule has 1 aromatic heterocycles. The summed E-state index contributed by atoms with van der Waals surface area (Å²) in [6.45, 7) is 2.85. The van der Waals surface area contributed by atoms with E-state index in [-0.39, 0.29) is 11.8 Å². The van der Waals surface area contributed by atoms with Crippen molar-refractivity contribution in [3.8, 4) is 5.75 Å². The number of rotatable bonds is 6. The van der Waals surface area contributed by atoms with Gasteiger partial charge in [-0.3, -0.25) is 9.59 Å². The van der Waals surface area contributed by atoms with Crippen molar-refractivity contribution >= 4 is 11.8 Å². The molecule has 1 aromatic carbocycles. The Bertz CT molecular complexity index is 677. The number of nitrogens with one attached hydrogen (secondary N) is 1. The van der Waals surface area contributed by atoms with Crippen molar-refractivity contribution < 1.29 is 14.3 Å². The maximum atomic E-state index is 12.3. The number of amides is 2. The highest BCUT2D eigenvalue weighted by Crippen LogP contribution is 2.11. The topological polar surface area (TPSA) is 65.6 Å². The van der Waals surface area contributed by atoms with E-state index >= 15 is 0 Å². The molecule has 1 saturated heterocycles. The summed E-state index contributed by atoms with van der Waals surface area (Å²) in [5, 5.41) is 0. The van der Waals surface area contributed by atoms with Crippen LogP contribution in [-0.2, 0) is 4.79 Å². The van der Waals surface area contributed by atoms with E-state index < -0.39 is 0 Å². The molecule has 132 valence electrons. The van der Waals surface area contributed by atoms with E-state index in [4.69, 9.17) is 4.74 Å². The third-order valence-electron chi connectivity index (χ3n) is 4.29. The molecule has 0 atom stereocenters. The molecule has 0 aliphatic carbocycles. The second-order valence-electron chi connectivity index (χ2n) is 6.02. The second-order valence-corrected chi connectivity index (χ2v) is 6.02. The Labute approximate surface area is 147 Å². The summed E-state index contributed by atoms with van der Waals surface area (Å²) < 4.78 is 5.61. The van der Waals surface area contributed by atoms with Crippen LogP contribution in [-0.4, -0.2) is 59.4 Å². The van der Waals surface area contributed by atoms with Crippen LogP contribution < -0.4 is 4.74 Å². The monoisotopic (exact) mass is 341 g/mol. The number of nitrogens with zero attached hydrogens (tertiary/aromatic N) is 2. The van der Waals surface area contributed by atoms with Crippen LogP contribution in [0, 0.1) is 0 Å². The van der Waals surface area contributed by atoms with Crippen molar-refractivity contribution in [1.29, 1.82) is 0 Å². The van der Waals surface area contributed by atoms with Gasteiger partial charge in [0.15, 0.2) is 0 Å². The average Bonchev–Trinajstić information content (AvgIpc) is 3.20. The molecule has 0 saturated carbocycles. The maximum Gasteiger partial charge on any atom is 0.270 e. The minimum atomic E-state index is -0.00615. The van der Waals surface area contributed by atoms with E-state index in [0.717, 1.165) is 5.75 Å². The molecule has 0 unspecified atom stereocenters. The van der Waals surface area contributed by atoms with Gasteiger partial charge >= 0.3 is 0 Å². The highest BCUT2D eigenvalue weighted by Gasteiger charge is 2.24. The van der Waals surface area contributed by atoms with Crippen LogP contribution in [0.15, 0.2) is 48.7 Å². The number of H-pyrrole nitrogens is 1. The predicted octanol–water partition coefficient (Wildman–Crippen LogP) is 2.16. The lowest BCUT2D eigenvalue weighted by Crippen LogP contribution is -2.50. The fourth-order valence-electron chi connectivity index (χ4n) is 2.88. The summed E-state index contributed by atoms with van der Waals surface area (Å²) >= 11 is 0. The van der Waals surface area contributed by atoms with E-state index in [0.29, 0.717) is 51.3 Å². The number of piperazine rings is 1. The van der Waals surface area contributed by atoms with Gasteiger partial charge in [0.25, 0.3) is 5.91 Å². The minimum absolute atomic E-state index is 0.00615. The SMILES string of the molecule is O=C(CCCOc1ccccc1)N1CCN(C(=O)c2ccc[nH]2)CC1. The van der Waals surface area contributed by atoms with Crippen molar-refractivity contribution in [1.82, 2.24) is 14.8 Å². The molecule has 2 amide bonds. The number of aromatic nitrogens is 1. The molecule has 0 spiro atoms. The Hall–Kier alpha value is -2.76. The largest absolute Gasteiger partial charge is 0.494 e. The third-order valence-corrected chi connectivity index (χ3v) is 4.29. The van der Waals surface area contributed by atoms with Crippen molar-refractivity contribution in [3.63, 3.8) is 0 Å². The smallest absolute Gasteiger partial charge is 0.270 e. The summed E-state index contributed by atoms with van der Waals surface area (Å²) in [5.74, 6) is 0.948. The van der Waals surface area contributed by atoms with Gasteiger partial charge in [-0.2, -0.15) is 0 Å². The molecule has 3 rings (SSSR count). The van der Waals surface area contributed by atoms with Crippen molar-refractivity contribution in [2.75, 3.05) is 32.8 Å². The summed E-state index contributed by atoms with van der Waals surface area (Å²) in [5.41, 5.74) is 0.595. The molecule has 2 heterocycles. The first-order chi connectivity index (χ1) is 12.2. The van der Waals surface area contributed by atoms with Crippen molar-refractivity contribution in [2.24, 2.45) is 0 Å². The van der Waals surface area contributed by atoms with Gasteiger partial charge in [0.05, 0.1) is 6.61 Å². The number of carbonyl (C=O) groups is 2. The number of hydrogen-bond donors (Lipinski definition) is 1. The first kappa shape index (κ1) is 17.1. The van der Waals surface area contributed by atoms with Crippen LogP contribution in [0.4, 0.5) is 0 Å². The van der Waals surface area contributed by atoms with Crippen LogP contribution in [0.5, 0.6) is 5.75 Å². The Morgan fingerprint density at radius 1 is 0.960 bits per heavy atom. The molecule has 0 bridgehead atoms. The zero-order valence-electron chi connectivity index (χ0n) is 14.2. The van der Waals surface area contributed by atoms with Crippen LogP contribution in [0.25, 0.3) is 0 Å². The van der Waals surface area contributed by atoms with Gasteiger partial charge in [-0.05, 0) is 30.7 Å². The minimum Gasteiger partial charge on any atom is -0.494 e. The van der Waals surface area contributed by atoms with Crippen LogP contribution in [0.2, 0.25) is 0 Å². The highest BCUT2D eigenvalue weighted by molar-refractivity contribution is 5.92. The van der Waals surface area contributed by atoms with E-state index in [9.17, 15) is 9.59 Å². The molecule has 6 nitrogen and oxygen atoms in total. The molecular formula is C19H23N3O3. The average molecular weight is 341 g/mol. The van der Waals surface area contributed by atoms with E-state index in [1.807, 2.05) is 41.3 Å². The zero-order valence-corrected chi connectivity index (χ0v) is 14.2. The number of benzene rings is 1. The Morgan fingerprint density at radius 2 is 1.68 bits per heavy atom. The highest BCUT2D eigenvalue weighted by atomic mass is 16.5. The lowest BCUT2D eigenvalue weighted by atomic mass is 10.2. The number of aromatic amines is 1. The van der Waals surface area contributed by atoms with Crippen LogP contribution in [0.3, 0.4) is 0 Å². The molecule has 1 aliphatic rings. The molecule has 25 heavy (non-hydrogen) atoms. The zero-order chi connectivity index (χ0) is 17.5. The Balaban J connectivity index is 1.36. The molecule has 1 fully saturated rings. The molecule has 2 aromatic rings. The quantitative estimate of drug-likeness (QED) is 0.819. The molecule has 6 heteroatoms. The molecule has 1 N–H and O–H groups in total. The number of carbonyl (C=O) groups excluding carboxylic acids is 2. The summed E-state index contributed by atoms with van der Waals surface area (Å²) in [4.78, 5) is 31.1. The van der Waals surface area contributed by atoms with Crippen molar-refractivity contribution in [3.05, 3.63) is 54.4 Å². The van der Waals surface area contributed by atoms with E-state index in [2.05, 4.69) is 4.98 Å². The van der Waals surface area contributed by atoms with Gasteiger partial charge in [-0.1, -0.05) is 18.2 Å². The van der Waals surface area contributed by atoms with Gasteiger partial charge in [0.1, 0.15) is 11.4 Å². The van der Waals surface area contributed by atoms with Gasteiger partial charge in [0, 0.05) is 38.8 Å². The molecular weight excluding hydrogens is 318 g/mol. The maximum absolute atomic E-state index is 12.3. The number of ether oxygens (including phenoxy) is 1. The van der Waals surface area contributed by atoms with Crippen LogP contribution >= 0.6 is 0 Å². The molecule has 0 radical (unpaired) electrons. The van der Waals surface area contributed by atoms with E-state index in [1.165, 1.54) is 0 Å². The lowest BCUT2D eigenvalue weighted by molar-refractivity contribution is -0.132. The Kier molecular flexibility index (Phi) is 5.72. The molecule has 1 aliphatic heterocycles. The normalized spacial score (nSPS) is 14.4. The summed E-state index contributed by atoms with van der Waals surface area (Å²) in [7, 11) is 0. The summed E-state index contributed by atoms with van der Waals surface area (Å²) in [6.07, 6.45) is 2.90. The van der Waals surface area contributed by atoms with E-state index in [1.54, 1.807) is 17.2 Å². The summed E-state index contributed by atoms with van der Waals surface area (Å²) in [6, 6.07) is 13.2. The Morgan fingerprint density at radius 3 is 2.36 bits per heavy atom. The fraction of sp³-hybridized carbons (Fsp3) is 0.368.